The molecule has 4 nitrogen and oxygen atoms in total. The maximum atomic E-state index is 12.1. The summed E-state index contributed by atoms with van der Waals surface area (Å²) in [4.78, 5) is 14.0. The van der Waals surface area contributed by atoms with Crippen molar-refractivity contribution in [1.29, 1.82) is 0 Å². The van der Waals surface area contributed by atoms with Crippen LogP contribution in [0.4, 0.5) is 0 Å². The second-order valence-electron chi connectivity index (χ2n) is 5.78. The first-order chi connectivity index (χ1) is 8.29. The van der Waals surface area contributed by atoms with Crippen LogP contribution < -0.4 is 0 Å². The highest BCUT2D eigenvalue weighted by Crippen LogP contribution is 2.38. The molecule has 2 bridgehead atoms. The molecular formula is C13H21NO3S. The van der Waals surface area contributed by atoms with Crippen LogP contribution >= 0.6 is 0 Å². The summed E-state index contributed by atoms with van der Waals surface area (Å²) in [5, 5.41) is -0.259. The summed E-state index contributed by atoms with van der Waals surface area (Å²) in [7, 11) is -2.98. The monoisotopic (exact) mass is 271 g/mol. The molecule has 0 aromatic carbocycles. The second-order valence-corrected chi connectivity index (χ2v) is 8.10. The van der Waals surface area contributed by atoms with E-state index in [1.165, 1.54) is 6.26 Å². The molecule has 2 aliphatic heterocycles. The van der Waals surface area contributed by atoms with Gasteiger partial charge in [-0.05, 0) is 39.5 Å². The number of amides is 1. The van der Waals surface area contributed by atoms with Crippen molar-refractivity contribution in [2.24, 2.45) is 0 Å². The Hall–Kier alpha value is -0.840. The molecule has 1 amide bonds. The highest BCUT2D eigenvalue weighted by Gasteiger charge is 2.45. The molecule has 0 radical (unpaired) electrons. The van der Waals surface area contributed by atoms with Gasteiger partial charge in [-0.2, -0.15) is 0 Å². The van der Waals surface area contributed by atoms with E-state index in [2.05, 4.69) is 0 Å². The van der Waals surface area contributed by atoms with E-state index in [1.54, 1.807) is 6.08 Å². The van der Waals surface area contributed by atoms with Gasteiger partial charge in [0.15, 0.2) is 0 Å². The highest BCUT2D eigenvalue weighted by atomic mass is 32.2. The van der Waals surface area contributed by atoms with Crippen LogP contribution in [0.3, 0.4) is 0 Å². The summed E-state index contributed by atoms with van der Waals surface area (Å²) >= 11 is 0. The number of hydrogen-bond acceptors (Lipinski definition) is 3. The third kappa shape index (κ3) is 2.60. The molecule has 2 heterocycles. The zero-order valence-corrected chi connectivity index (χ0v) is 12.0. The van der Waals surface area contributed by atoms with Crippen molar-refractivity contribution in [2.75, 3.05) is 6.26 Å². The second kappa shape index (κ2) is 4.68. The summed E-state index contributed by atoms with van der Waals surface area (Å²) in [5.74, 6) is 0.0504. The molecule has 5 heteroatoms. The van der Waals surface area contributed by atoms with E-state index in [0.29, 0.717) is 12.8 Å². The fraction of sp³-hybridized carbons (Fsp3) is 0.769. The van der Waals surface area contributed by atoms with Gasteiger partial charge in [0, 0.05) is 24.4 Å². The number of rotatable bonds is 2. The fourth-order valence-electron chi connectivity index (χ4n) is 3.16. The molecule has 0 aliphatic carbocycles. The van der Waals surface area contributed by atoms with Gasteiger partial charge < -0.3 is 4.90 Å². The quantitative estimate of drug-likeness (QED) is 0.716. The van der Waals surface area contributed by atoms with Crippen molar-refractivity contribution in [2.45, 2.75) is 56.9 Å². The number of sulfone groups is 1. The van der Waals surface area contributed by atoms with Gasteiger partial charge >= 0.3 is 0 Å². The summed E-state index contributed by atoms with van der Waals surface area (Å²) in [6, 6.07) is 0.234. The predicted molar refractivity (Wildman–Crippen MR) is 71.0 cm³/mol. The van der Waals surface area contributed by atoms with Crippen molar-refractivity contribution < 1.29 is 13.2 Å². The highest BCUT2D eigenvalue weighted by molar-refractivity contribution is 7.91. The van der Waals surface area contributed by atoms with Crippen LogP contribution in [0.1, 0.15) is 39.5 Å². The minimum Gasteiger partial charge on any atom is -0.333 e. The molecule has 0 aromatic rings. The van der Waals surface area contributed by atoms with Crippen LogP contribution in [0.25, 0.3) is 0 Å². The van der Waals surface area contributed by atoms with E-state index >= 15 is 0 Å². The van der Waals surface area contributed by atoms with Crippen LogP contribution in [0.5, 0.6) is 0 Å². The average Bonchev–Trinajstić information content (AvgIpc) is 2.47. The van der Waals surface area contributed by atoms with Gasteiger partial charge in [0.25, 0.3) is 0 Å². The Balaban J connectivity index is 2.16. The summed E-state index contributed by atoms with van der Waals surface area (Å²) in [5.41, 5.74) is 0.990. The number of carbonyl (C=O) groups is 1. The first-order valence-corrected chi connectivity index (χ1v) is 8.40. The molecule has 2 aliphatic rings. The molecule has 102 valence electrons. The lowest BCUT2D eigenvalue weighted by Gasteiger charge is -2.37. The van der Waals surface area contributed by atoms with Gasteiger partial charge in [0.2, 0.25) is 5.91 Å². The van der Waals surface area contributed by atoms with E-state index in [4.69, 9.17) is 0 Å². The van der Waals surface area contributed by atoms with Gasteiger partial charge in [0.1, 0.15) is 9.84 Å². The van der Waals surface area contributed by atoms with Crippen molar-refractivity contribution in [3.05, 3.63) is 11.6 Å². The average molecular weight is 271 g/mol. The van der Waals surface area contributed by atoms with E-state index in [0.717, 1.165) is 18.4 Å². The first-order valence-electron chi connectivity index (χ1n) is 6.45. The Bertz CT molecular complexity index is 462. The number of piperidine rings is 1. The molecule has 18 heavy (non-hydrogen) atoms. The van der Waals surface area contributed by atoms with E-state index in [9.17, 15) is 13.2 Å². The number of carbonyl (C=O) groups excluding carboxylic acids is 1. The van der Waals surface area contributed by atoms with E-state index < -0.39 is 9.84 Å². The van der Waals surface area contributed by atoms with Crippen molar-refractivity contribution >= 4 is 15.7 Å². The molecule has 0 saturated carbocycles. The third-order valence-electron chi connectivity index (χ3n) is 3.96. The fourth-order valence-corrected chi connectivity index (χ4v) is 4.30. The van der Waals surface area contributed by atoms with Crippen LogP contribution in [-0.2, 0) is 14.6 Å². The number of hydrogen-bond donors (Lipinski definition) is 0. The Labute approximate surface area is 109 Å². The topological polar surface area (TPSA) is 54.5 Å². The molecule has 0 N–H and O–H groups in total. The summed E-state index contributed by atoms with van der Waals surface area (Å²) < 4.78 is 23.3. The minimum absolute atomic E-state index is 0.0504. The molecular weight excluding hydrogens is 250 g/mol. The van der Waals surface area contributed by atoms with E-state index in [-0.39, 0.29) is 23.2 Å². The number of nitrogens with zero attached hydrogens (tertiary/aromatic N) is 1. The normalized spacial score (nSPS) is 31.3. The largest absolute Gasteiger partial charge is 0.333 e. The first kappa shape index (κ1) is 13.6. The Morgan fingerprint density at radius 2 is 1.67 bits per heavy atom. The maximum absolute atomic E-state index is 12.1. The van der Waals surface area contributed by atoms with Crippen molar-refractivity contribution in [3.8, 4) is 0 Å². The Morgan fingerprint density at radius 1 is 1.17 bits per heavy atom. The molecule has 2 unspecified atom stereocenters. The van der Waals surface area contributed by atoms with Gasteiger partial charge in [-0.1, -0.05) is 5.57 Å². The van der Waals surface area contributed by atoms with Crippen LogP contribution in [-0.4, -0.2) is 42.8 Å². The zero-order chi connectivity index (χ0) is 13.5. The van der Waals surface area contributed by atoms with E-state index in [1.807, 2.05) is 18.7 Å². The van der Waals surface area contributed by atoms with Gasteiger partial charge in [-0.3, -0.25) is 4.79 Å². The molecule has 0 aromatic heterocycles. The standard InChI is InChI=1S/C13H21NO3S/c1-9(2)6-13(15)14-10-4-5-11(14)8-12(7-10)18(3,16)17/h6,10-12H,4-5,7-8H2,1-3H3. The van der Waals surface area contributed by atoms with Crippen LogP contribution in [0.2, 0.25) is 0 Å². The van der Waals surface area contributed by atoms with Crippen molar-refractivity contribution in [3.63, 3.8) is 0 Å². The zero-order valence-electron chi connectivity index (χ0n) is 11.2. The van der Waals surface area contributed by atoms with Gasteiger partial charge in [0.05, 0.1) is 5.25 Å². The maximum Gasteiger partial charge on any atom is 0.246 e. The molecule has 2 rings (SSSR count). The predicted octanol–water partition coefficient (Wildman–Crippen LogP) is 1.52. The number of fused-ring (bicyclic) bond motifs is 2. The van der Waals surface area contributed by atoms with Crippen molar-refractivity contribution in [1.82, 2.24) is 4.90 Å². The molecule has 2 saturated heterocycles. The van der Waals surface area contributed by atoms with Gasteiger partial charge in [-0.15, -0.1) is 0 Å². The minimum atomic E-state index is -2.98. The summed E-state index contributed by atoms with van der Waals surface area (Å²) in [6.07, 6.45) is 6.07. The Morgan fingerprint density at radius 3 is 2.06 bits per heavy atom. The third-order valence-corrected chi connectivity index (χ3v) is 5.56. The molecule has 0 spiro atoms. The molecule has 2 atom stereocenters. The smallest absolute Gasteiger partial charge is 0.246 e. The lowest BCUT2D eigenvalue weighted by molar-refractivity contribution is -0.130. The lowest BCUT2D eigenvalue weighted by Crippen LogP contribution is -2.49. The van der Waals surface area contributed by atoms with Gasteiger partial charge in [-0.25, -0.2) is 8.42 Å². The van der Waals surface area contributed by atoms with Crippen LogP contribution in [0, 0.1) is 0 Å². The Kier molecular flexibility index (Phi) is 3.54. The summed E-state index contributed by atoms with van der Waals surface area (Å²) in [6.45, 7) is 3.81. The van der Waals surface area contributed by atoms with Crippen LogP contribution in [0.15, 0.2) is 11.6 Å². The lowest BCUT2D eigenvalue weighted by atomic mass is 10.0. The molecule has 2 fully saturated rings. The SMILES string of the molecule is CC(C)=CC(=O)N1C2CCC1CC(S(C)(=O)=O)C2. The number of allylic oxidation sites excluding steroid dienone is 1.